The first-order valence-electron chi connectivity index (χ1n) is 5.66. The van der Waals surface area contributed by atoms with Crippen molar-refractivity contribution < 1.29 is 22.8 Å². The molecule has 0 aliphatic carbocycles. The summed E-state index contributed by atoms with van der Waals surface area (Å²) in [5.41, 5.74) is -0.940. The Kier molecular flexibility index (Phi) is 2.71. The van der Waals surface area contributed by atoms with E-state index in [-0.39, 0.29) is 18.6 Å². The van der Waals surface area contributed by atoms with E-state index in [9.17, 15) is 22.8 Å². The molecule has 0 aromatic heterocycles. The van der Waals surface area contributed by atoms with Crippen LogP contribution in [0.25, 0.3) is 0 Å². The Balaban J connectivity index is 2.33. The topological polar surface area (TPSA) is 37.4 Å². The van der Waals surface area contributed by atoms with Crippen molar-refractivity contribution in [1.29, 1.82) is 0 Å². The number of rotatable bonds is 0. The smallest absolute Gasteiger partial charge is 0.326 e. The second-order valence-electron chi connectivity index (χ2n) is 5.14. The van der Waals surface area contributed by atoms with Crippen molar-refractivity contribution in [2.75, 3.05) is 0 Å². The lowest BCUT2D eigenvalue weighted by Gasteiger charge is -2.52. The van der Waals surface area contributed by atoms with E-state index in [0.29, 0.717) is 12.8 Å². The minimum atomic E-state index is -4.85. The average Bonchev–Trinajstić information content (AvgIpc) is 2.12. The van der Waals surface area contributed by atoms with Crippen LogP contribution >= 0.6 is 0 Å². The van der Waals surface area contributed by atoms with Crippen LogP contribution in [0.15, 0.2) is 0 Å². The van der Waals surface area contributed by atoms with Crippen molar-refractivity contribution in [2.45, 2.75) is 56.8 Å². The van der Waals surface area contributed by atoms with E-state index in [1.807, 2.05) is 0 Å². The van der Waals surface area contributed by atoms with Gasteiger partial charge in [0.1, 0.15) is 5.78 Å². The van der Waals surface area contributed by atoms with Crippen LogP contribution in [0.3, 0.4) is 0 Å². The summed E-state index contributed by atoms with van der Waals surface area (Å²) < 4.78 is 37.6. The predicted molar refractivity (Wildman–Crippen MR) is 53.2 cm³/mol. The summed E-state index contributed by atoms with van der Waals surface area (Å²) in [5, 5.41) is 0. The highest BCUT2D eigenvalue weighted by Gasteiger charge is 2.54. The Morgan fingerprint density at radius 2 is 2.12 bits per heavy atom. The van der Waals surface area contributed by atoms with E-state index in [4.69, 9.17) is 0 Å². The van der Waals surface area contributed by atoms with Crippen LogP contribution in [-0.4, -0.2) is 34.3 Å². The van der Waals surface area contributed by atoms with Crippen LogP contribution in [-0.2, 0) is 9.59 Å². The molecule has 6 heteroatoms. The SMILES string of the molecule is CC12CCCC(CC(=O)C1)N2C(=O)C(F)(F)F. The molecule has 2 heterocycles. The van der Waals surface area contributed by atoms with Crippen LogP contribution in [0.1, 0.15) is 39.0 Å². The van der Waals surface area contributed by atoms with Gasteiger partial charge in [0, 0.05) is 24.4 Å². The zero-order chi connectivity index (χ0) is 12.8. The predicted octanol–water partition coefficient (Wildman–Crippen LogP) is 2.05. The normalized spacial score (nSPS) is 33.8. The van der Waals surface area contributed by atoms with E-state index in [1.54, 1.807) is 6.92 Å². The van der Waals surface area contributed by atoms with E-state index < -0.39 is 23.7 Å². The van der Waals surface area contributed by atoms with Gasteiger partial charge in [-0.05, 0) is 26.2 Å². The largest absolute Gasteiger partial charge is 0.471 e. The summed E-state index contributed by atoms with van der Waals surface area (Å²) in [6, 6.07) is -0.566. The summed E-state index contributed by atoms with van der Waals surface area (Å²) in [6.07, 6.45) is -3.00. The minimum Gasteiger partial charge on any atom is -0.326 e. The molecular weight excluding hydrogens is 235 g/mol. The highest BCUT2D eigenvalue weighted by atomic mass is 19.4. The van der Waals surface area contributed by atoms with Crippen LogP contribution in [0, 0.1) is 0 Å². The molecule has 96 valence electrons. The summed E-state index contributed by atoms with van der Waals surface area (Å²) in [6.45, 7) is 1.58. The molecule has 0 saturated carbocycles. The first-order chi connectivity index (χ1) is 7.74. The lowest BCUT2D eigenvalue weighted by atomic mass is 9.74. The maximum Gasteiger partial charge on any atom is 0.471 e. The third-order valence-electron chi connectivity index (χ3n) is 3.70. The lowest BCUT2D eigenvalue weighted by molar-refractivity contribution is -0.200. The number of hydrogen-bond donors (Lipinski definition) is 0. The van der Waals surface area contributed by atoms with Crippen molar-refractivity contribution in [2.24, 2.45) is 0 Å². The summed E-state index contributed by atoms with van der Waals surface area (Å²) >= 11 is 0. The van der Waals surface area contributed by atoms with Gasteiger partial charge in [0.2, 0.25) is 0 Å². The monoisotopic (exact) mass is 249 g/mol. The first-order valence-corrected chi connectivity index (χ1v) is 5.66. The van der Waals surface area contributed by atoms with Crippen LogP contribution in [0.2, 0.25) is 0 Å². The average molecular weight is 249 g/mol. The molecule has 2 fully saturated rings. The number of piperidine rings is 2. The molecule has 17 heavy (non-hydrogen) atoms. The number of halogens is 3. The fraction of sp³-hybridized carbons (Fsp3) is 0.818. The molecule has 2 aliphatic heterocycles. The number of carbonyl (C=O) groups excluding carboxylic acids is 2. The molecule has 0 N–H and O–H groups in total. The van der Waals surface area contributed by atoms with Gasteiger partial charge in [0.25, 0.3) is 0 Å². The molecule has 0 spiro atoms. The molecule has 2 rings (SSSR count). The van der Waals surface area contributed by atoms with Gasteiger partial charge >= 0.3 is 12.1 Å². The van der Waals surface area contributed by atoms with Gasteiger partial charge in [-0.3, -0.25) is 9.59 Å². The summed E-state index contributed by atoms with van der Waals surface area (Å²) in [5.74, 6) is -1.83. The van der Waals surface area contributed by atoms with Crippen molar-refractivity contribution in [3.05, 3.63) is 0 Å². The van der Waals surface area contributed by atoms with Gasteiger partial charge in [-0.1, -0.05) is 0 Å². The first kappa shape index (κ1) is 12.4. The Labute approximate surface area is 97.0 Å². The molecule has 0 aromatic rings. The van der Waals surface area contributed by atoms with E-state index in [1.165, 1.54) is 0 Å². The zero-order valence-electron chi connectivity index (χ0n) is 9.51. The van der Waals surface area contributed by atoms with Gasteiger partial charge in [0.15, 0.2) is 0 Å². The maximum absolute atomic E-state index is 12.5. The second kappa shape index (κ2) is 3.71. The van der Waals surface area contributed by atoms with Crippen molar-refractivity contribution >= 4 is 11.7 Å². The fourth-order valence-electron chi connectivity index (χ4n) is 3.08. The lowest BCUT2D eigenvalue weighted by Crippen LogP contribution is -2.64. The fourth-order valence-corrected chi connectivity index (χ4v) is 3.08. The molecule has 0 aromatic carbocycles. The molecule has 0 radical (unpaired) electrons. The number of hydrogen-bond acceptors (Lipinski definition) is 2. The highest BCUT2D eigenvalue weighted by Crippen LogP contribution is 2.42. The third kappa shape index (κ3) is 2.05. The van der Waals surface area contributed by atoms with Gasteiger partial charge in [-0.15, -0.1) is 0 Å². The second-order valence-corrected chi connectivity index (χ2v) is 5.14. The van der Waals surface area contributed by atoms with Crippen LogP contribution < -0.4 is 0 Å². The van der Waals surface area contributed by atoms with Crippen LogP contribution in [0.4, 0.5) is 13.2 Å². The Morgan fingerprint density at radius 3 is 2.65 bits per heavy atom. The number of ketones is 1. The maximum atomic E-state index is 12.5. The van der Waals surface area contributed by atoms with Gasteiger partial charge in [-0.2, -0.15) is 13.2 Å². The van der Waals surface area contributed by atoms with Crippen molar-refractivity contribution in [1.82, 2.24) is 4.90 Å². The molecule has 2 aliphatic rings. The van der Waals surface area contributed by atoms with Crippen molar-refractivity contribution in [3.63, 3.8) is 0 Å². The van der Waals surface area contributed by atoms with Gasteiger partial charge in [0.05, 0.1) is 0 Å². The number of carbonyl (C=O) groups is 2. The number of amides is 1. The number of nitrogens with zero attached hydrogens (tertiary/aromatic N) is 1. The van der Waals surface area contributed by atoms with Gasteiger partial charge < -0.3 is 4.90 Å². The molecular formula is C11H14F3NO2. The zero-order valence-corrected chi connectivity index (χ0v) is 9.51. The Hall–Kier alpha value is -1.07. The molecule has 2 saturated heterocycles. The quantitative estimate of drug-likeness (QED) is 0.659. The molecule has 2 atom stereocenters. The molecule has 2 bridgehead atoms. The van der Waals surface area contributed by atoms with E-state index in [0.717, 1.165) is 11.3 Å². The number of alkyl halides is 3. The molecule has 2 unspecified atom stereocenters. The Morgan fingerprint density at radius 1 is 1.47 bits per heavy atom. The summed E-state index contributed by atoms with van der Waals surface area (Å²) in [7, 11) is 0. The highest BCUT2D eigenvalue weighted by molar-refractivity contribution is 5.88. The van der Waals surface area contributed by atoms with E-state index in [2.05, 4.69) is 0 Å². The third-order valence-corrected chi connectivity index (χ3v) is 3.70. The standard InChI is InChI=1S/C11H14F3NO2/c1-10-4-2-3-7(5-8(16)6-10)15(10)9(17)11(12,13)14/h7H,2-6H2,1H3. The summed E-state index contributed by atoms with van der Waals surface area (Å²) in [4.78, 5) is 23.8. The van der Waals surface area contributed by atoms with Crippen LogP contribution in [0.5, 0.6) is 0 Å². The number of Topliss-reactive ketones (excluding diaryl/α,β-unsaturated/α-hetero) is 1. The molecule has 3 nitrogen and oxygen atoms in total. The molecule has 1 amide bonds. The van der Waals surface area contributed by atoms with Crippen molar-refractivity contribution in [3.8, 4) is 0 Å². The number of fused-ring (bicyclic) bond motifs is 2. The minimum absolute atomic E-state index is 0.0385. The van der Waals surface area contributed by atoms with E-state index >= 15 is 0 Å². The Bertz CT molecular complexity index is 366. The van der Waals surface area contributed by atoms with Gasteiger partial charge in [-0.25, -0.2) is 0 Å².